The summed E-state index contributed by atoms with van der Waals surface area (Å²) in [5.41, 5.74) is 2.88. The van der Waals surface area contributed by atoms with Gasteiger partial charge in [0.15, 0.2) is 0 Å². The molecule has 0 fully saturated rings. The quantitative estimate of drug-likeness (QED) is 0.889. The van der Waals surface area contributed by atoms with Gasteiger partial charge in [-0.25, -0.2) is 0 Å². The summed E-state index contributed by atoms with van der Waals surface area (Å²) in [5, 5.41) is 12.5. The van der Waals surface area contributed by atoms with E-state index in [1.807, 2.05) is 0 Å². The minimum absolute atomic E-state index is 0.223. The van der Waals surface area contributed by atoms with Crippen molar-refractivity contribution >= 4 is 27.3 Å². The second-order valence-corrected chi connectivity index (χ2v) is 7.19. The van der Waals surface area contributed by atoms with Crippen molar-refractivity contribution in [3.05, 3.63) is 56.2 Å². The van der Waals surface area contributed by atoms with Crippen LogP contribution < -0.4 is 0 Å². The summed E-state index contributed by atoms with van der Waals surface area (Å²) in [4.78, 5) is 1.26. The Morgan fingerprint density at radius 2 is 2.11 bits per heavy atom. The first-order valence-electron chi connectivity index (χ1n) is 6.70. The Hall–Kier alpha value is -0.640. The van der Waals surface area contributed by atoms with Crippen molar-refractivity contribution in [2.45, 2.75) is 31.8 Å². The van der Waals surface area contributed by atoms with Gasteiger partial charge in [0, 0.05) is 21.2 Å². The molecule has 0 aliphatic heterocycles. The van der Waals surface area contributed by atoms with Crippen LogP contribution in [0, 0.1) is 5.92 Å². The Bertz CT molecular complexity index is 563. The monoisotopic (exact) mass is 336 g/mol. The van der Waals surface area contributed by atoms with E-state index in [1.165, 1.54) is 16.0 Å². The summed E-state index contributed by atoms with van der Waals surface area (Å²) >= 11 is 5.19. The van der Waals surface area contributed by atoms with Gasteiger partial charge in [-0.15, -0.1) is 11.3 Å². The molecule has 1 aromatic carbocycles. The summed E-state index contributed by atoms with van der Waals surface area (Å²) < 4.78 is 1.12. The largest absolute Gasteiger partial charge is 0.392 e. The molecular formula is C16H17BrOS. The number of aliphatic hydroxyl groups excluding tert-OH is 1. The molecule has 3 rings (SSSR count). The number of aryl methyl sites for hydroxylation is 1. The van der Waals surface area contributed by atoms with Gasteiger partial charge in [0.05, 0.1) is 6.10 Å². The molecule has 1 aliphatic rings. The number of fused-ring (bicyclic) bond motifs is 1. The predicted molar refractivity (Wildman–Crippen MR) is 83.7 cm³/mol. The van der Waals surface area contributed by atoms with Gasteiger partial charge in [-0.1, -0.05) is 24.3 Å². The molecule has 2 unspecified atom stereocenters. The first-order chi connectivity index (χ1) is 9.22. The summed E-state index contributed by atoms with van der Waals surface area (Å²) in [6.45, 7) is 0. The van der Waals surface area contributed by atoms with E-state index in [-0.39, 0.29) is 6.10 Å². The van der Waals surface area contributed by atoms with Crippen LogP contribution in [-0.2, 0) is 19.3 Å². The van der Waals surface area contributed by atoms with Gasteiger partial charge in [0.25, 0.3) is 0 Å². The van der Waals surface area contributed by atoms with Crippen LogP contribution in [0.1, 0.15) is 22.4 Å². The third kappa shape index (κ3) is 3.10. The van der Waals surface area contributed by atoms with Gasteiger partial charge < -0.3 is 5.11 Å². The Morgan fingerprint density at radius 1 is 1.32 bits per heavy atom. The first-order valence-corrected chi connectivity index (χ1v) is 8.37. The van der Waals surface area contributed by atoms with Crippen molar-refractivity contribution in [3.8, 4) is 0 Å². The number of hydrogen-bond donors (Lipinski definition) is 1. The second kappa shape index (κ2) is 5.78. The van der Waals surface area contributed by atoms with Crippen LogP contribution in [-0.4, -0.2) is 11.2 Å². The van der Waals surface area contributed by atoms with Crippen LogP contribution in [0.4, 0.5) is 0 Å². The zero-order valence-corrected chi connectivity index (χ0v) is 13.1. The van der Waals surface area contributed by atoms with Gasteiger partial charge in [-0.3, -0.25) is 0 Å². The Kier molecular flexibility index (Phi) is 4.06. The van der Waals surface area contributed by atoms with Gasteiger partial charge in [-0.05, 0) is 58.3 Å². The predicted octanol–water partition coefficient (Wildman–Crippen LogP) is 4.22. The van der Waals surface area contributed by atoms with E-state index in [2.05, 4.69) is 51.6 Å². The molecule has 2 aromatic rings. The maximum absolute atomic E-state index is 10.5. The fourth-order valence-electron chi connectivity index (χ4n) is 2.89. The van der Waals surface area contributed by atoms with Gasteiger partial charge in [0.1, 0.15) is 0 Å². The molecule has 1 heterocycles. The molecule has 100 valence electrons. The lowest BCUT2D eigenvalue weighted by Crippen LogP contribution is -2.28. The van der Waals surface area contributed by atoms with Crippen LogP contribution in [0.15, 0.2) is 40.2 Å². The topological polar surface area (TPSA) is 20.2 Å². The second-order valence-electron chi connectivity index (χ2n) is 5.27. The Morgan fingerprint density at radius 3 is 2.84 bits per heavy atom. The molecule has 0 bridgehead atoms. The lowest BCUT2D eigenvalue weighted by atomic mass is 9.80. The van der Waals surface area contributed by atoms with Crippen molar-refractivity contribution in [3.63, 3.8) is 0 Å². The molecule has 0 saturated carbocycles. The average Bonchev–Trinajstić information content (AvgIpc) is 2.83. The highest BCUT2D eigenvalue weighted by Gasteiger charge is 2.25. The van der Waals surface area contributed by atoms with Crippen molar-refractivity contribution in [2.24, 2.45) is 5.92 Å². The van der Waals surface area contributed by atoms with E-state index in [0.29, 0.717) is 5.92 Å². The molecule has 0 saturated heterocycles. The molecule has 0 radical (unpaired) electrons. The molecular weight excluding hydrogens is 320 g/mol. The van der Waals surface area contributed by atoms with E-state index in [1.54, 1.807) is 11.3 Å². The van der Waals surface area contributed by atoms with Crippen LogP contribution in [0.2, 0.25) is 0 Å². The SMILES string of the molecule is OC(Cc1cc(Br)cs1)C1CCc2ccccc2C1. The number of halogens is 1. The van der Waals surface area contributed by atoms with Crippen LogP contribution in [0.3, 0.4) is 0 Å². The fraction of sp³-hybridized carbons (Fsp3) is 0.375. The lowest BCUT2D eigenvalue weighted by molar-refractivity contribution is 0.100. The number of rotatable bonds is 3. The third-order valence-corrected chi connectivity index (χ3v) is 5.68. The van der Waals surface area contributed by atoms with Crippen molar-refractivity contribution in [1.29, 1.82) is 0 Å². The summed E-state index contributed by atoms with van der Waals surface area (Å²) in [7, 11) is 0. The molecule has 1 nitrogen and oxygen atoms in total. The van der Waals surface area contributed by atoms with Crippen molar-refractivity contribution < 1.29 is 5.11 Å². The fourth-order valence-corrected chi connectivity index (χ4v) is 4.39. The lowest BCUT2D eigenvalue weighted by Gasteiger charge is -2.28. The van der Waals surface area contributed by atoms with Gasteiger partial charge in [-0.2, -0.15) is 0 Å². The molecule has 19 heavy (non-hydrogen) atoms. The molecule has 1 aromatic heterocycles. The number of hydrogen-bond acceptors (Lipinski definition) is 2. The maximum Gasteiger partial charge on any atom is 0.0619 e. The summed E-state index contributed by atoms with van der Waals surface area (Å²) in [6, 6.07) is 10.7. The van der Waals surface area contributed by atoms with Gasteiger partial charge in [0.2, 0.25) is 0 Å². The molecule has 1 aliphatic carbocycles. The number of aliphatic hydroxyl groups is 1. The molecule has 0 spiro atoms. The number of benzene rings is 1. The molecule has 3 heteroatoms. The van der Waals surface area contributed by atoms with E-state index >= 15 is 0 Å². The van der Waals surface area contributed by atoms with E-state index < -0.39 is 0 Å². The number of thiophene rings is 1. The van der Waals surface area contributed by atoms with E-state index in [4.69, 9.17) is 0 Å². The highest BCUT2D eigenvalue weighted by atomic mass is 79.9. The van der Waals surface area contributed by atoms with E-state index in [9.17, 15) is 5.11 Å². The normalized spacial score (nSPS) is 20.0. The smallest absolute Gasteiger partial charge is 0.0619 e. The third-order valence-electron chi connectivity index (χ3n) is 3.96. The Labute approximate surface area is 126 Å². The summed E-state index contributed by atoms with van der Waals surface area (Å²) in [6.07, 6.45) is 3.78. The first kappa shape index (κ1) is 13.3. The Balaban J connectivity index is 1.67. The molecule has 0 amide bonds. The standard InChI is InChI=1S/C16H17BrOS/c17-14-8-15(19-10-14)9-16(18)13-6-5-11-3-1-2-4-12(11)7-13/h1-4,8,10,13,16,18H,5-7,9H2. The highest BCUT2D eigenvalue weighted by Crippen LogP contribution is 2.30. The minimum atomic E-state index is -0.223. The maximum atomic E-state index is 10.5. The van der Waals surface area contributed by atoms with E-state index in [0.717, 1.165) is 30.2 Å². The van der Waals surface area contributed by atoms with Crippen molar-refractivity contribution in [2.75, 3.05) is 0 Å². The summed E-state index contributed by atoms with van der Waals surface area (Å²) in [5.74, 6) is 0.399. The van der Waals surface area contributed by atoms with Crippen LogP contribution in [0.5, 0.6) is 0 Å². The van der Waals surface area contributed by atoms with Crippen LogP contribution >= 0.6 is 27.3 Å². The zero-order chi connectivity index (χ0) is 13.2. The molecule has 2 atom stereocenters. The van der Waals surface area contributed by atoms with Gasteiger partial charge >= 0.3 is 0 Å². The zero-order valence-electron chi connectivity index (χ0n) is 10.7. The molecule has 1 N–H and O–H groups in total. The minimum Gasteiger partial charge on any atom is -0.392 e. The van der Waals surface area contributed by atoms with Crippen LogP contribution in [0.25, 0.3) is 0 Å². The van der Waals surface area contributed by atoms with Crippen molar-refractivity contribution in [1.82, 2.24) is 0 Å². The average molecular weight is 337 g/mol. The highest BCUT2D eigenvalue weighted by molar-refractivity contribution is 9.10.